The van der Waals surface area contributed by atoms with Gasteiger partial charge >= 0.3 is 0 Å². The van der Waals surface area contributed by atoms with Crippen LogP contribution in [-0.2, 0) is 0 Å². The number of H-pyrrole nitrogens is 1. The van der Waals surface area contributed by atoms with Crippen molar-refractivity contribution in [1.82, 2.24) is 4.98 Å². The second-order valence-corrected chi connectivity index (χ2v) is 5.20. The van der Waals surface area contributed by atoms with Crippen molar-refractivity contribution >= 4 is 17.4 Å². The standard InChI is InChI=1S/C17H20N2O4/c1-9-15(10(2)18-16(9)11(3)20)17(21)19-13-7-6-12(22-4)8-14(13)23-5/h6-8,18H,1-5H3,(H,19,21). The number of carbonyl (C=O) groups excluding carboxylic acids is 2. The molecule has 0 aliphatic heterocycles. The molecule has 0 atom stereocenters. The summed E-state index contributed by atoms with van der Waals surface area (Å²) in [6.45, 7) is 4.98. The summed E-state index contributed by atoms with van der Waals surface area (Å²) in [6, 6.07) is 5.13. The van der Waals surface area contributed by atoms with Crippen molar-refractivity contribution in [2.24, 2.45) is 0 Å². The fourth-order valence-corrected chi connectivity index (χ4v) is 2.53. The van der Waals surface area contributed by atoms with Crippen LogP contribution in [0.1, 0.15) is 39.0 Å². The molecule has 1 amide bonds. The van der Waals surface area contributed by atoms with Gasteiger partial charge in [-0.2, -0.15) is 0 Å². The van der Waals surface area contributed by atoms with E-state index in [0.29, 0.717) is 39.7 Å². The van der Waals surface area contributed by atoms with E-state index >= 15 is 0 Å². The van der Waals surface area contributed by atoms with Gasteiger partial charge in [0.15, 0.2) is 5.78 Å². The Balaban J connectivity index is 2.35. The van der Waals surface area contributed by atoms with Crippen molar-refractivity contribution in [3.63, 3.8) is 0 Å². The quantitative estimate of drug-likeness (QED) is 0.831. The highest BCUT2D eigenvalue weighted by molar-refractivity contribution is 6.09. The maximum Gasteiger partial charge on any atom is 0.257 e. The van der Waals surface area contributed by atoms with Crippen molar-refractivity contribution in [2.45, 2.75) is 20.8 Å². The average molecular weight is 316 g/mol. The molecule has 0 saturated carbocycles. The molecule has 6 heteroatoms. The number of aromatic amines is 1. The Morgan fingerprint density at radius 1 is 1.13 bits per heavy atom. The van der Waals surface area contributed by atoms with E-state index in [-0.39, 0.29) is 11.7 Å². The molecule has 0 aliphatic carbocycles. The topological polar surface area (TPSA) is 80.4 Å². The molecule has 0 saturated heterocycles. The van der Waals surface area contributed by atoms with Crippen molar-refractivity contribution in [2.75, 3.05) is 19.5 Å². The third kappa shape index (κ3) is 3.21. The smallest absolute Gasteiger partial charge is 0.257 e. The van der Waals surface area contributed by atoms with Crippen LogP contribution < -0.4 is 14.8 Å². The lowest BCUT2D eigenvalue weighted by Gasteiger charge is -2.12. The number of amides is 1. The van der Waals surface area contributed by atoms with Gasteiger partial charge in [0.05, 0.1) is 31.2 Å². The summed E-state index contributed by atoms with van der Waals surface area (Å²) in [7, 11) is 3.08. The SMILES string of the molecule is COc1ccc(NC(=O)c2c(C)[nH]c(C(C)=O)c2C)c(OC)c1. The molecule has 1 aromatic heterocycles. The number of rotatable bonds is 5. The summed E-state index contributed by atoms with van der Waals surface area (Å²) in [6.07, 6.45) is 0. The van der Waals surface area contributed by atoms with E-state index in [1.165, 1.54) is 14.0 Å². The largest absolute Gasteiger partial charge is 0.497 e. The lowest BCUT2D eigenvalue weighted by molar-refractivity contribution is 0.101. The third-order valence-corrected chi connectivity index (χ3v) is 3.67. The average Bonchev–Trinajstić information content (AvgIpc) is 2.82. The van der Waals surface area contributed by atoms with Gasteiger partial charge in [0.1, 0.15) is 11.5 Å². The second-order valence-electron chi connectivity index (χ2n) is 5.20. The van der Waals surface area contributed by atoms with Gasteiger partial charge in [-0.1, -0.05) is 0 Å². The Hall–Kier alpha value is -2.76. The third-order valence-electron chi connectivity index (χ3n) is 3.67. The van der Waals surface area contributed by atoms with Gasteiger partial charge in [0, 0.05) is 18.7 Å². The van der Waals surface area contributed by atoms with Gasteiger partial charge in [0.2, 0.25) is 0 Å². The summed E-state index contributed by atoms with van der Waals surface area (Å²) in [5.74, 6) is 0.724. The number of aromatic nitrogens is 1. The number of nitrogens with one attached hydrogen (secondary N) is 2. The van der Waals surface area contributed by atoms with Crippen LogP contribution in [0.2, 0.25) is 0 Å². The lowest BCUT2D eigenvalue weighted by Crippen LogP contribution is -2.14. The zero-order valence-electron chi connectivity index (χ0n) is 13.9. The number of aryl methyl sites for hydroxylation is 1. The molecular weight excluding hydrogens is 296 g/mol. The summed E-state index contributed by atoms with van der Waals surface area (Å²) in [4.78, 5) is 27.1. The number of benzene rings is 1. The van der Waals surface area contributed by atoms with Crippen LogP contribution in [0.5, 0.6) is 11.5 Å². The predicted octanol–water partition coefficient (Wildman–Crippen LogP) is 3.10. The maximum atomic E-state index is 12.6. The first-order valence-corrected chi connectivity index (χ1v) is 7.12. The number of carbonyl (C=O) groups is 2. The summed E-state index contributed by atoms with van der Waals surface area (Å²) in [5, 5.41) is 2.81. The fraction of sp³-hybridized carbons (Fsp3) is 0.294. The first kappa shape index (κ1) is 16.6. The minimum atomic E-state index is -0.299. The molecule has 0 bridgehead atoms. The highest BCUT2D eigenvalue weighted by Crippen LogP contribution is 2.30. The number of ether oxygens (including phenoxy) is 2. The highest BCUT2D eigenvalue weighted by atomic mass is 16.5. The van der Waals surface area contributed by atoms with Crippen LogP contribution in [0.25, 0.3) is 0 Å². The summed E-state index contributed by atoms with van der Waals surface area (Å²) >= 11 is 0. The van der Waals surface area contributed by atoms with E-state index in [1.807, 2.05) is 0 Å². The molecule has 0 aliphatic rings. The second kappa shape index (κ2) is 6.56. The molecule has 0 unspecified atom stereocenters. The summed E-state index contributed by atoms with van der Waals surface area (Å²) in [5.41, 5.74) is 2.74. The number of anilines is 1. The van der Waals surface area contributed by atoms with E-state index in [1.54, 1.807) is 39.2 Å². The minimum Gasteiger partial charge on any atom is -0.497 e. The van der Waals surface area contributed by atoms with Crippen LogP contribution in [0.4, 0.5) is 5.69 Å². The van der Waals surface area contributed by atoms with Gasteiger partial charge in [-0.05, 0) is 31.5 Å². The van der Waals surface area contributed by atoms with Crippen LogP contribution in [0.3, 0.4) is 0 Å². The summed E-state index contributed by atoms with van der Waals surface area (Å²) < 4.78 is 10.4. The molecular formula is C17H20N2O4. The molecule has 0 spiro atoms. The molecule has 2 rings (SSSR count). The van der Waals surface area contributed by atoms with Crippen molar-refractivity contribution < 1.29 is 19.1 Å². The normalized spacial score (nSPS) is 10.3. The van der Waals surface area contributed by atoms with Gasteiger partial charge in [0.25, 0.3) is 5.91 Å². The highest BCUT2D eigenvalue weighted by Gasteiger charge is 2.21. The van der Waals surface area contributed by atoms with Crippen LogP contribution >= 0.6 is 0 Å². The molecule has 2 aromatic rings. The number of Topliss-reactive ketones (excluding diaryl/α,β-unsaturated/α-hetero) is 1. The zero-order chi connectivity index (χ0) is 17.1. The molecule has 23 heavy (non-hydrogen) atoms. The van der Waals surface area contributed by atoms with Gasteiger partial charge in [-0.15, -0.1) is 0 Å². The van der Waals surface area contributed by atoms with Gasteiger partial charge in [-0.3, -0.25) is 9.59 Å². The molecule has 0 fully saturated rings. The number of ketones is 1. The van der Waals surface area contributed by atoms with Crippen molar-refractivity contribution in [3.05, 3.63) is 40.7 Å². The van der Waals surface area contributed by atoms with E-state index < -0.39 is 0 Å². The molecule has 0 radical (unpaired) electrons. The van der Waals surface area contributed by atoms with E-state index in [9.17, 15) is 9.59 Å². The Labute approximate surface area is 134 Å². The van der Waals surface area contributed by atoms with Crippen molar-refractivity contribution in [3.8, 4) is 11.5 Å². The molecule has 1 aromatic carbocycles. The lowest BCUT2D eigenvalue weighted by atomic mass is 10.1. The molecule has 122 valence electrons. The Kier molecular flexibility index (Phi) is 4.74. The molecule has 1 heterocycles. The van der Waals surface area contributed by atoms with Crippen LogP contribution in [-0.4, -0.2) is 30.9 Å². The van der Waals surface area contributed by atoms with Crippen LogP contribution in [0.15, 0.2) is 18.2 Å². The Morgan fingerprint density at radius 2 is 1.83 bits per heavy atom. The first-order chi connectivity index (χ1) is 10.9. The zero-order valence-corrected chi connectivity index (χ0v) is 13.9. The molecule has 6 nitrogen and oxygen atoms in total. The van der Waals surface area contributed by atoms with Gasteiger partial charge in [-0.25, -0.2) is 0 Å². The fourth-order valence-electron chi connectivity index (χ4n) is 2.53. The number of methoxy groups -OCH3 is 2. The Bertz CT molecular complexity index is 762. The number of hydrogen-bond acceptors (Lipinski definition) is 4. The Morgan fingerprint density at radius 3 is 2.35 bits per heavy atom. The van der Waals surface area contributed by atoms with Crippen LogP contribution in [0, 0.1) is 13.8 Å². The number of hydrogen-bond donors (Lipinski definition) is 2. The van der Waals surface area contributed by atoms with E-state index in [4.69, 9.17) is 9.47 Å². The maximum absolute atomic E-state index is 12.6. The van der Waals surface area contributed by atoms with Crippen molar-refractivity contribution in [1.29, 1.82) is 0 Å². The molecule has 2 N–H and O–H groups in total. The first-order valence-electron chi connectivity index (χ1n) is 7.12. The monoisotopic (exact) mass is 316 g/mol. The van der Waals surface area contributed by atoms with E-state index in [2.05, 4.69) is 10.3 Å². The van der Waals surface area contributed by atoms with E-state index in [0.717, 1.165) is 0 Å². The minimum absolute atomic E-state index is 0.105. The predicted molar refractivity (Wildman–Crippen MR) is 87.8 cm³/mol. The van der Waals surface area contributed by atoms with Gasteiger partial charge < -0.3 is 19.8 Å².